The lowest BCUT2D eigenvalue weighted by Gasteiger charge is -2.37. The number of hydrogen-bond acceptors (Lipinski definition) is 5. The van der Waals surface area contributed by atoms with Gasteiger partial charge in [-0.25, -0.2) is 4.39 Å². The molecule has 39 heavy (non-hydrogen) atoms. The van der Waals surface area contributed by atoms with Gasteiger partial charge in [-0.3, -0.25) is 19.2 Å². The maximum atomic E-state index is 13.3. The molecule has 2 aromatic rings. The molecule has 0 spiro atoms. The van der Waals surface area contributed by atoms with Crippen LogP contribution in [0.5, 0.6) is 0 Å². The highest BCUT2D eigenvalue weighted by atomic mass is 19.1. The Bertz CT molecular complexity index is 1190. The van der Waals surface area contributed by atoms with Crippen molar-refractivity contribution in [2.24, 2.45) is 11.7 Å². The molecule has 1 saturated heterocycles. The average Bonchev–Trinajstić information content (AvgIpc) is 3.76. The molecule has 4 amide bonds. The fourth-order valence-electron chi connectivity index (χ4n) is 4.87. The molecule has 0 radical (unpaired) electrons. The van der Waals surface area contributed by atoms with E-state index < -0.39 is 47.6 Å². The summed E-state index contributed by atoms with van der Waals surface area (Å²) in [6.45, 7) is 4.07. The zero-order valence-electron chi connectivity index (χ0n) is 22.3. The molecule has 0 bridgehead atoms. The summed E-state index contributed by atoms with van der Waals surface area (Å²) in [5, 5.41) is 5.75. The second kappa shape index (κ2) is 12.4. The van der Waals surface area contributed by atoms with Crippen molar-refractivity contribution < 1.29 is 23.6 Å². The molecule has 4 N–H and O–H groups in total. The molecule has 0 aromatic heterocycles. The van der Waals surface area contributed by atoms with Gasteiger partial charge in [-0.2, -0.15) is 0 Å². The van der Waals surface area contributed by atoms with Gasteiger partial charge in [0, 0.05) is 42.8 Å². The van der Waals surface area contributed by atoms with Crippen molar-refractivity contribution in [3.8, 4) is 0 Å². The second-order valence-corrected chi connectivity index (χ2v) is 10.5. The highest BCUT2D eigenvalue weighted by Gasteiger charge is 2.43. The lowest BCUT2D eigenvalue weighted by Crippen LogP contribution is -2.61. The van der Waals surface area contributed by atoms with Crippen LogP contribution in [0.25, 0.3) is 0 Å². The molecule has 0 unspecified atom stereocenters. The Balaban J connectivity index is 1.40. The molecule has 1 aliphatic carbocycles. The van der Waals surface area contributed by atoms with E-state index >= 15 is 0 Å². The van der Waals surface area contributed by atoms with E-state index in [1.807, 2.05) is 30.3 Å². The minimum absolute atomic E-state index is 0.142. The van der Waals surface area contributed by atoms with Gasteiger partial charge in [-0.1, -0.05) is 37.3 Å². The maximum absolute atomic E-state index is 13.3. The molecule has 4 rings (SSSR count). The Labute approximate surface area is 227 Å². The number of benzene rings is 2. The van der Waals surface area contributed by atoms with Crippen molar-refractivity contribution in [3.63, 3.8) is 0 Å². The number of nitrogens with zero attached hydrogens (tertiary/aromatic N) is 2. The zero-order chi connectivity index (χ0) is 28.1. The van der Waals surface area contributed by atoms with Crippen molar-refractivity contribution in [1.82, 2.24) is 15.1 Å². The van der Waals surface area contributed by atoms with Crippen LogP contribution in [0.3, 0.4) is 0 Å². The van der Waals surface area contributed by atoms with Crippen LogP contribution in [-0.2, 0) is 25.6 Å². The summed E-state index contributed by atoms with van der Waals surface area (Å²) in [5.41, 5.74) is 8.00. The van der Waals surface area contributed by atoms with Gasteiger partial charge in [0.15, 0.2) is 0 Å². The van der Waals surface area contributed by atoms with Crippen LogP contribution < -0.4 is 16.4 Å². The molecule has 4 atom stereocenters. The Morgan fingerprint density at radius 1 is 0.974 bits per heavy atom. The standard InChI is InChI=1S/C29H36FN5O4/c1-18(26(36)32-22-10-8-21(30)9-11-22)16-24(31)25(17-20-6-4-3-5-7-20)33-27(37)19(2)34-14-15-35(23-12-13-23)29(39)28(34)38/h3-11,18-19,23-25H,12-17,31H2,1-2H3,(H,32,36)(H,33,37)/t18-,19-,24+,25+/m1/s1. The maximum Gasteiger partial charge on any atom is 0.312 e. The highest BCUT2D eigenvalue weighted by Crippen LogP contribution is 2.28. The van der Waals surface area contributed by atoms with Crippen molar-refractivity contribution in [3.05, 3.63) is 66.0 Å². The second-order valence-electron chi connectivity index (χ2n) is 10.5. The van der Waals surface area contributed by atoms with E-state index in [0.717, 1.165) is 18.4 Å². The van der Waals surface area contributed by atoms with Crippen LogP contribution in [0.4, 0.5) is 10.1 Å². The van der Waals surface area contributed by atoms with Crippen LogP contribution in [0.1, 0.15) is 38.7 Å². The van der Waals surface area contributed by atoms with Gasteiger partial charge >= 0.3 is 11.8 Å². The van der Waals surface area contributed by atoms with Crippen molar-refractivity contribution in [1.29, 1.82) is 0 Å². The largest absolute Gasteiger partial charge is 0.350 e. The lowest BCUT2D eigenvalue weighted by atomic mass is 9.92. The van der Waals surface area contributed by atoms with E-state index in [1.54, 1.807) is 18.7 Å². The topological polar surface area (TPSA) is 125 Å². The first-order chi connectivity index (χ1) is 18.6. The lowest BCUT2D eigenvalue weighted by molar-refractivity contribution is -0.159. The highest BCUT2D eigenvalue weighted by molar-refractivity contribution is 6.36. The predicted octanol–water partition coefficient (Wildman–Crippen LogP) is 2.07. The molecular weight excluding hydrogens is 501 g/mol. The van der Waals surface area contributed by atoms with Gasteiger partial charge in [-0.15, -0.1) is 0 Å². The normalized spacial score (nSPS) is 18.8. The third-order valence-electron chi connectivity index (χ3n) is 7.45. The van der Waals surface area contributed by atoms with Crippen LogP contribution in [0.15, 0.2) is 54.6 Å². The van der Waals surface area contributed by atoms with E-state index in [-0.39, 0.29) is 18.4 Å². The number of carbonyl (C=O) groups excluding carboxylic acids is 4. The Kier molecular flexibility index (Phi) is 8.96. The average molecular weight is 538 g/mol. The monoisotopic (exact) mass is 537 g/mol. The van der Waals surface area contributed by atoms with Gasteiger partial charge < -0.3 is 26.2 Å². The summed E-state index contributed by atoms with van der Waals surface area (Å²) in [7, 11) is 0. The van der Waals surface area contributed by atoms with Crippen LogP contribution in [0, 0.1) is 11.7 Å². The molecule has 1 heterocycles. The summed E-state index contributed by atoms with van der Waals surface area (Å²) in [4.78, 5) is 54.4. The molecule has 9 nitrogen and oxygen atoms in total. The van der Waals surface area contributed by atoms with E-state index in [0.29, 0.717) is 25.2 Å². The fourth-order valence-corrected chi connectivity index (χ4v) is 4.87. The van der Waals surface area contributed by atoms with Gasteiger partial charge in [0.25, 0.3) is 0 Å². The van der Waals surface area contributed by atoms with E-state index in [1.165, 1.54) is 29.2 Å². The third-order valence-corrected chi connectivity index (χ3v) is 7.45. The number of rotatable bonds is 11. The number of nitrogens with one attached hydrogen (secondary N) is 2. The zero-order valence-corrected chi connectivity index (χ0v) is 22.3. The quantitative estimate of drug-likeness (QED) is 0.379. The SMILES string of the molecule is C[C@H](C[C@H](N)[C@H](Cc1ccccc1)NC(=O)[C@@H](C)N1CCN(C2CC2)C(=O)C1=O)C(=O)Nc1ccc(F)cc1. The molecular formula is C29H36FN5O4. The number of carbonyl (C=O) groups is 4. The molecule has 2 aliphatic rings. The first-order valence-corrected chi connectivity index (χ1v) is 13.4. The van der Waals surface area contributed by atoms with E-state index in [2.05, 4.69) is 10.6 Å². The fraction of sp³-hybridized carbons (Fsp3) is 0.448. The molecule has 2 aromatic carbocycles. The van der Waals surface area contributed by atoms with Crippen LogP contribution in [0.2, 0.25) is 0 Å². The first-order valence-electron chi connectivity index (χ1n) is 13.4. The van der Waals surface area contributed by atoms with Gasteiger partial charge in [0.2, 0.25) is 11.8 Å². The molecule has 1 saturated carbocycles. The smallest absolute Gasteiger partial charge is 0.312 e. The Morgan fingerprint density at radius 2 is 1.64 bits per heavy atom. The van der Waals surface area contributed by atoms with E-state index in [9.17, 15) is 23.6 Å². The third kappa shape index (κ3) is 7.20. The minimum atomic E-state index is -0.854. The number of halogens is 1. The number of hydrogen-bond donors (Lipinski definition) is 3. The summed E-state index contributed by atoms with van der Waals surface area (Å²) in [6.07, 6.45) is 2.52. The van der Waals surface area contributed by atoms with Gasteiger partial charge in [0.05, 0.1) is 0 Å². The van der Waals surface area contributed by atoms with Crippen molar-refractivity contribution >= 4 is 29.3 Å². The molecule has 208 valence electrons. The summed E-state index contributed by atoms with van der Waals surface area (Å²) < 4.78 is 13.2. The first kappa shape index (κ1) is 28.2. The summed E-state index contributed by atoms with van der Waals surface area (Å²) in [6, 6.07) is 13.2. The van der Waals surface area contributed by atoms with Gasteiger partial charge in [-0.05, 0) is 62.4 Å². The molecule has 2 fully saturated rings. The minimum Gasteiger partial charge on any atom is -0.350 e. The van der Waals surface area contributed by atoms with Crippen LogP contribution in [-0.4, -0.2) is 70.7 Å². The molecule has 1 aliphatic heterocycles. The van der Waals surface area contributed by atoms with Crippen molar-refractivity contribution in [2.75, 3.05) is 18.4 Å². The predicted molar refractivity (Wildman–Crippen MR) is 145 cm³/mol. The summed E-state index contributed by atoms with van der Waals surface area (Å²) in [5.74, 6) is -2.78. The Morgan fingerprint density at radius 3 is 2.28 bits per heavy atom. The Hall–Kier alpha value is -3.79. The van der Waals surface area contributed by atoms with E-state index in [4.69, 9.17) is 5.73 Å². The number of nitrogens with two attached hydrogens (primary N) is 1. The number of piperazine rings is 1. The summed E-state index contributed by atoms with van der Waals surface area (Å²) >= 11 is 0. The van der Waals surface area contributed by atoms with Crippen molar-refractivity contribution in [2.45, 2.75) is 63.7 Å². The molecule has 10 heteroatoms. The van der Waals surface area contributed by atoms with Gasteiger partial charge in [0.1, 0.15) is 11.9 Å². The number of anilines is 1. The number of amides is 4. The van der Waals surface area contributed by atoms with Crippen LogP contribution >= 0.6 is 0 Å².